The molecular formula is C11H17ClN2O3S. The number of aromatic amines is 1. The van der Waals surface area contributed by atoms with Crippen LogP contribution in [0.3, 0.4) is 0 Å². The number of hydrogen-bond acceptors (Lipinski definition) is 3. The number of nitrogens with one attached hydrogen (secondary N) is 2. The Morgan fingerprint density at radius 3 is 2.50 bits per heavy atom. The molecule has 18 heavy (non-hydrogen) atoms. The number of carbonyl (C=O) groups excluding carboxylic acids is 1. The number of amides is 1. The third-order valence-electron chi connectivity index (χ3n) is 2.34. The van der Waals surface area contributed by atoms with Crippen molar-refractivity contribution in [2.75, 3.05) is 6.54 Å². The quantitative estimate of drug-likeness (QED) is 0.834. The lowest BCUT2D eigenvalue weighted by molar-refractivity contribution is 0.0945. The fraction of sp³-hybridized carbons (Fsp3) is 0.545. The van der Waals surface area contributed by atoms with Crippen molar-refractivity contribution in [3.8, 4) is 0 Å². The summed E-state index contributed by atoms with van der Waals surface area (Å²) in [5.41, 5.74) is 0.316. The van der Waals surface area contributed by atoms with E-state index >= 15 is 0 Å². The van der Waals surface area contributed by atoms with Gasteiger partial charge in [-0.3, -0.25) is 4.79 Å². The van der Waals surface area contributed by atoms with Gasteiger partial charge < -0.3 is 10.3 Å². The van der Waals surface area contributed by atoms with Gasteiger partial charge in [-0.2, -0.15) is 0 Å². The van der Waals surface area contributed by atoms with Gasteiger partial charge in [0.15, 0.2) is 0 Å². The number of rotatable bonds is 4. The second-order valence-electron chi connectivity index (χ2n) is 5.25. The van der Waals surface area contributed by atoms with Gasteiger partial charge in [0.05, 0.1) is 0 Å². The first-order chi connectivity index (χ1) is 8.09. The van der Waals surface area contributed by atoms with Crippen LogP contribution in [-0.2, 0) is 9.05 Å². The predicted molar refractivity (Wildman–Crippen MR) is 70.2 cm³/mol. The Morgan fingerprint density at radius 1 is 1.44 bits per heavy atom. The predicted octanol–water partition coefficient (Wildman–Crippen LogP) is 2.11. The molecule has 0 atom stereocenters. The molecule has 1 amide bonds. The molecule has 102 valence electrons. The molecule has 7 heteroatoms. The first-order valence-electron chi connectivity index (χ1n) is 5.51. The summed E-state index contributed by atoms with van der Waals surface area (Å²) >= 11 is 0. The molecule has 0 saturated carbocycles. The molecular weight excluding hydrogens is 276 g/mol. The number of carbonyl (C=O) groups is 1. The topological polar surface area (TPSA) is 79.0 Å². The Bertz CT molecular complexity index is 529. The first kappa shape index (κ1) is 15.0. The molecule has 5 nitrogen and oxygen atoms in total. The van der Waals surface area contributed by atoms with Crippen molar-refractivity contribution in [3.05, 3.63) is 18.0 Å². The van der Waals surface area contributed by atoms with Crippen LogP contribution in [0, 0.1) is 5.41 Å². The zero-order chi connectivity index (χ0) is 14.0. The summed E-state index contributed by atoms with van der Waals surface area (Å²) in [5.74, 6) is -0.342. The molecule has 0 unspecified atom stereocenters. The highest BCUT2D eigenvalue weighted by molar-refractivity contribution is 8.13. The van der Waals surface area contributed by atoms with Crippen LogP contribution in [0.15, 0.2) is 17.2 Å². The van der Waals surface area contributed by atoms with Gasteiger partial charge in [0.1, 0.15) is 10.6 Å². The zero-order valence-corrected chi connectivity index (χ0v) is 12.2. The Kier molecular flexibility index (Phi) is 4.45. The van der Waals surface area contributed by atoms with Crippen molar-refractivity contribution in [3.63, 3.8) is 0 Å². The Morgan fingerprint density at radius 2 is 2.06 bits per heavy atom. The van der Waals surface area contributed by atoms with Crippen LogP contribution in [-0.4, -0.2) is 25.9 Å². The van der Waals surface area contributed by atoms with Gasteiger partial charge in [-0.15, -0.1) is 0 Å². The lowest BCUT2D eigenvalue weighted by Crippen LogP contribution is -2.27. The van der Waals surface area contributed by atoms with Crippen molar-refractivity contribution < 1.29 is 13.2 Å². The van der Waals surface area contributed by atoms with Crippen molar-refractivity contribution in [2.24, 2.45) is 5.41 Å². The molecule has 0 fully saturated rings. The molecule has 1 aromatic heterocycles. The standard InChI is InChI=1S/C11H17ClN2O3S/c1-11(2,3)4-5-13-10(15)9-6-8(7-14-9)18(12,16)17/h6-7,14H,4-5H2,1-3H3,(H,13,15). The van der Waals surface area contributed by atoms with E-state index < -0.39 is 9.05 Å². The van der Waals surface area contributed by atoms with E-state index in [9.17, 15) is 13.2 Å². The largest absolute Gasteiger partial charge is 0.356 e. The van der Waals surface area contributed by atoms with Crippen LogP contribution < -0.4 is 5.32 Å². The molecule has 1 rings (SSSR count). The van der Waals surface area contributed by atoms with Gasteiger partial charge in [0.25, 0.3) is 15.0 Å². The summed E-state index contributed by atoms with van der Waals surface area (Å²) in [6.07, 6.45) is 2.03. The lowest BCUT2D eigenvalue weighted by atomic mass is 9.92. The normalized spacial score (nSPS) is 12.4. The molecule has 0 bridgehead atoms. The van der Waals surface area contributed by atoms with E-state index in [1.165, 1.54) is 12.3 Å². The van der Waals surface area contributed by atoms with E-state index in [4.69, 9.17) is 10.7 Å². The van der Waals surface area contributed by atoms with E-state index in [0.717, 1.165) is 6.42 Å². The SMILES string of the molecule is CC(C)(C)CCNC(=O)c1cc(S(=O)(=O)Cl)c[nH]1. The second kappa shape index (κ2) is 5.32. The van der Waals surface area contributed by atoms with E-state index in [1.807, 2.05) is 0 Å². The molecule has 0 aliphatic rings. The molecule has 0 radical (unpaired) electrons. The summed E-state index contributed by atoms with van der Waals surface area (Å²) < 4.78 is 22.1. The third-order valence-corrected chi connectivity index (χ3v) is 3.68. The fourth-order valence-electron chi connectivity index (χ4n) is 1.29. The van der Waals surface area contributed by atoms with Gasteiger partial charge in [0.2, 0.25) is 0 Å². The van der Waals surface area contributed by atoms with Crippen LogP contribution in [0.2, 0.25) is 0 Å². The minimum absolute atomic E-state index is 0.106. The van der Waals surface area contributed by atoms with Gasteiger partial charge in [0, 0.05) is 23.4 Å². The number of hydrogen-bond donors (Lipinski definition) is 2. The molecule has 1 heterocycles. The minimum Gasteiger partial charge on any atom is -0.356 e. The van der Waals surface area contributed by atoms with Crippen LogP contribution in [0.1, 0.15) is 37.7 Å². The maximum Gasteiger partial charge on any atom is 0.267 e. The van der Waals surface area contributed by atoms with Crippen LogP contribution in [0.25, 0.3) is 0 Å². The molecule has 0 spiro atoms. The molecule has 1 aromatic rings. The van der Waals surface area contributed by atoms with Gasteiger partial charge >= 0.3 is 0 Å². The van der Waals surface area contributed by atoms with Crippen LogP contribution >= 0.6 is 10.7 Å². The van der Waals surface area contributed by atoms with E-state index in [1.54, 1.807) is 0 Å². The van der Waals surface area contributed by atoms with Gasteiger partial charge in [-0.05, 0) is 17.9 Å². The highest BCUT2D eigenvalue weighted by Crippen LogP contribution is 2.18. The highest BCUT2D eigenvalue weighted by atomic mass is 35.7. The molecule has 0 aromatic carbocycles. The van der Waals surface area contributed by atoms with Crippen LogP contribution in [0.4, 0.5) is 0 Å². The number of halogens is 1. The van der Waals surface area contributed by atoms with E-state index in [2.05, 4.69) is 31.1 Å². The highest BCUT2D eigenvalue weighted by Gasteiger charge is 2.16. The third kappa shape index (κ3) is 4.70. The van der Waals surface area contributed by atoms with Crippen molar-refractivity contribution >= 4 is 25.6 Å². The molecule has 0 aliphatic heterocycles. The summed E-state index contributed by atoms with van der Waals surface area (Å²) in [7, 11) is 1.36. The summed E-state index contributed by atoms with van der Waals surface area (Å²) in [6.45, 7) is 6.76. The maximum atomic E-state index is 11.7. The van der Waals surface area contributed by atoms with Gasteiger partial charge in [-0.25, -0.2) is 8.42 Å². The van der Waals surface area contributed by atoms with Crippen molar-refractivity contribution in [1.29, 1.82) is 0 Å². The maximum absolute atomic E-state index is 11.7. The first-order valence-corrected chi connectivity index (χ1v) is 7.82. The van der Waals surface area contributed by atoms with Gasteiger partial charge in [-0.1, -0.05) is 20.8 Å². The van der Waals surface area contributed by atoms with E-state index in [0.29, 0.717) is 6.54 Å². The van der Waals surface area contributed by atoms with Crippen LogP contribution in [0.5, 0.6) is 0 Å². The van der Waals surface area contributed by atoms with E-state index in [-0.39, 0.29) is 21.9 Å². The molecule has 0 aliphatic carbocycles. The average molecular weight is 293 g/mol. The van der Waals surface area contributed by atoms with Crippen molar-refractivity contribution in [1.82, 2.24) is 10.3 Å². The molecule has 2 N–H and O–H groups in total. The molecule has 0 saturated heterocycles. The monoisotopic (exact) mass is 292 g/mol. The number of aromatic nitrogens is 1. The zero-order valence-electron chi connectivity index (χ0n) is 10.6. The fourth-order valence-corrected chi connectivity index (χ4v) is 2.02. The summed E-state index contributed by atoms with van der Waals surface area (Å²) in [4.78, 5) is 14.2. The Labute approximate surface area is 111 Å². The van der Waals surface area contributed by atoms with Crippen molar-refractivity contribution in [2.45, 2.75) is 32.1 Å². The minimum atomic E-state index is -3.80. The smallest absolute Gasteiger partial charge is 0.267 e. The second-order valence-corrected chi connectivity index (χ2v) is 7.82. The Hall–Kier alpha value is -1.01. The average Bonchev–Trinajstić information content (AvgIpc) is 2.62. The Balaban J connectivity index is 2.61. The lowest BCUT2D eigenvalue weighted by Gasteiger charge is -2.17. The summed E-state index contributed by atoms with van der Waals surface area (Å²) in [5, 5.41) is 2.71. The summed E-state index contributed by atoms with van der Waals surface area (Å²) in [6, 6.07) is 1.22. The number of H-pyrrole nitrogens is 1.